The lowest BCUT2D eigenvalue weighted by Gasteiger charge is -2.03. The van der Waals surface area contributed by atoms with E-state index in [0.717, 1.165) is 11.8 Å². The molecule has 0 amide bonds. The van der Waals surface area contributed by atoms with E-state index in [0.29, 0.717) is 15.6 Å². The lowest BCUT2D eigenvalue weighted by Crippen LogP contribution is -1.96. The number of nitrogens with zero attached hydrogens (tertiary/aromatic N) is 4. The van der Waals surface area contributed by atoms with Gasteiger partial charge in [-0.3, -0.25) is 25.0 Å². The van der Waals surface area contributed by atoms with Crippen LogP contribution in [0, 0.1) is 20.2 Å². The highest BCUT2D eigenvalue weighted by Gasteiger charge is 2.16. The van der Waals surface area contributed by atoms with Gasteiger partial charge in [0.15, 0.2) is 10.9 Å². The third kappa shape index (κ3) is 5.08. The molecule has 0 atom stereocenters. The van der Waals surface area contributed by atoms with Gasteiger partial charge in [0.2, 0.25) is 0 Å². The SMILES string of the molecule is O=C(/C=C/c1ccc(Sc2ncccn2)c([N+](=O)[O-])c1)c1ccc([N+](=O)[O-])cc1. The molecule has 144 valence electrons. The summed E-state index contributed by atoms with van der Waals surface area (Å²) in [5.41, 5.74) is 0.490. The molecule has 9 nitrogen and oxygen atoms in total. The van der Waals surface area contributed by atoms with E-state index in [1.165, 1.54) is 42.5 Å². The lowest BCUT2D eigenvalue weighted by atomic mass is 10.1. The molecule has 0 aliphatic rings. The molecule has 0 unspecified atom stereocenters. The zero-order chi connectivity index (χ0) is 20.8. The van der Waals surface area contributed by atoms with Crippen LogP contribution in [0.4, 0.5) is 11.4 Å². The summed E-state index contributed by atoms with van der Waals surface area (Å²) in [6.07, 6.45) is 5.79. The van der Waals surface area contributed by atoms with Crippen LogP contribution in [-0.2, 0) is 0 Å². The van der Waals surface area contributed by atoms with E-state index >= 15 is 0 Å². The van der Waals surface area contributed by atoms with Crippen LogP contribution in [0.2, 0.25) is 0 Å². The van der Waals surface area contributed by atoms with Gasteiger partial charge < -0.3 is 0 Å². The minimum absolute atomic E-state index is 0.114. The van der Waals surface area contributed by atoms with E-state index in [-0.39, 0.29) is 22.7 Å². The van der Waals surface area contributed by atoms with Crippen molar-refractivity contribution in [2.75, 3.05) is 0 Å². The molecule has 3 aromatic rings. The van der Waals surface area contributed by atoms with E-state index in [2.05, 4.69) is 9.97 Å². The number of hydrogen-bond donors (Lipinski definition) is 0. The van der Waals surface area contributed by atoms with Crippen LogP contribution in [0.5, 0.6) is 0 Å². The Labute approximate surface area is 168 Å². The Morgan fingerprint density at radius 3 is 2.28 bits per heavy atom. The summed E-state index contributed by atoms with van der Waals surface area (Å²) in [6.45, 7) is 0. The fraction of sp³-hybridized carbons (Fsp3) is 0. The smallest absolute Gasteiger partial charge is 0.283 e. The molecule has 3 rings (SSSR count). The number of allylic oxidation sites excluding steroid dienone is 1. The summed E-state index contributed by atoms with van der Waals surface area (Å²) in [5, 5.41) is 22.5. The first-order valence-corrected chi connectivity index (χ1v) is 8.96. The van der Waals surface area contributed by atoms with Crippen LogP contribution in [0.1, 0.15) is 15.9 Å². The number of carbonyl (C=O) groups excluding carboxylic acids is 1. The molecule has 10 heteroatoms. The monoisotopic (exact) mass is 408 g/mol. The van der Waals surface area contributed by atoms with Gasteiger partial charge in [0.25, 0.3) is 11.4 Å². The van der Waals surface area contributed by atoms with Gasteiger partial charge in [-0.2, -0.15) is 0 Å². The third-order valence-electron chi connectivity index (χ3n) is 3.71. The molecular weight excluding hydrogens is 396 g/mol. The minimum atomic E-state index is -0.552. The highest BCUT2D eigenvalue weighted by atomic mass is 32.2. The molecule has 29 heavy (non-hydrogen) atoms. The summed E-state index contributed by atoms with van der Waals surface area (Å²) in [6, 6.07) is 11.4. The average Bonchev–Trinajstić information content (AvgIpc) is 2.73. The molecule has 0 saturated heterocycles. The summed E-state index contributed by atoms with van der Waals surface area (Å²) >= 11 is 1.07. The van der Waals surface area contributed by atoms with Crippen molar-refractivity contribution in [2.24, 2.45) is 0 Å². The zero-order valence-electron chi connectivity index (χ0n) is 14.7. The van der Waals surface area contributed by atoms with Crippen LogP contribution in [0.15, 0.2) is 77.1 Å². The van der Waals surface area contributed by atoms with Gasteiger partial charge in [-0.25, -0.2) is 9.97 Å². The Bertz CT molecular complexity index is 1100. The predicted molar refractivity (Wildman–Crippen MR) is 106 cm³/mol. The van der Waals surface area contributed by atoms with E-state index in [1.807, 2.05) is 0 Å². The van der Waals surface area contributed by atoms with E-state index in [4.69, 9.17) is 0 Å². The van der Waals surface area contributed by atoms with Crippen LogP contribution in [-0.4, -0.2) is 25.6 Å². The van der Waals surface area contributed by atoms with Crippen molar-refractivity contribution in [3.8, 4) is 0 Å². The highest BCUT2D eigenvalue weighted by Crippen LogP contribution is 2.33. The molecule has 0 bridgehead atoms. The zero-order valence-corrected chi connectivity index (χ0v) is 15.5. The second-order valence-corrected chi connectivity index (χ2v) is 6.63. The number of aromatic nitrogens is 2. The first-order valence-electron chi connectivity index (χ1n) is 8.14. The number of carbonyl (C=O) groups is 1. The van der Waals surface area contributed by atoms with Crippen molar-refractivity contribution in [3.63, 3.8) is 0 Å². The van der Waals surface area contributed by atoms with Gasteiger partial charge in [0.1, 0.15) is 0 Å². The van der Waals surface area contributed by atoms with Crippen molar-refractivity contribution in [1.29, 1.82) is 0 Å². The molecule has 0 radical (unpaired) electrons. The third-order valence-corrected chi connectivity index (χ3v) is 4.67. The summed E-state index contributed by atoms with van der Waals surface area (Å²) < 4.78 is 0. The Kier molecular flexibility index (Phi) is 6.05. The number of nitro groups is 2. The predicted octanol–water partition coefficient (Wildman–Crippen LogP) is 4.34. The summed E-state index contributed by atoms with van der Waals surface area (Å²) in [4.78, 5) is 41.7. The Morgan fingerprint density at radius 2 is 1.66 bits per heavy atom. The fourth-order valence-corrected chi connectivity index (χ4v) is 3.12. The van der Waals surface area contributed by atoms with Crippen molar-refractivity contribution in [3.05, 3.63) is 98.4 Å². The standard InChI is InChI=1S/C19H12N4O5S/c24-17(14-4-6-15(7-5-14)22(25)26)8-2-13-3-9-18(16(12-13)23(27)28)29-19-20-10-1-11-21-19/h1-12H/b8-2+. The number of rotatable bonds is 7. The summed E-state index contributed by atoms with van der Waals surface area (Å²) in [5.74, 6) is -0.376. The van der Waals surface area contributed by atoms with Crippen molar-refractivity contribution in [1.82, 2.24) is 9.97 Å². The first kappa shape index (κ1) is 19.8. The number of nitro benzene ring substituents is 2. The van der Waals surface area contributed by atoms with Gasteiger partial charge in [0, 0.05) is 36.2 Å². The van der Waals surface area contributed by atoms with Gasteiger partial charge >= 0.3 is 0 Å². The summed E-state index contributed by atoms with van der Waals surface area (Å²) in [7, 11) is 0. The Morgan fingerprint density at radius 1 is 0.966 bits per heavy atom. The van der Waals surface area contributed by atoms with Gasteiger partial charge in [-0.05, 0) is 47.7 Å². The Balaban J connectivity index is 1.79. The van der Waals surface area contributed by atoms with E-state index in [1.54, 1.807) is 30.6 Å². The van der Waals surface area contributed by atoms with Crippen LogP contribution < -0.4 is 0 Å². The maximum atomic E-state index is 12.2. The van der Waals surface area contributed by atoms with Gasteiger partial charge in [-0.1, -0.05) is 12.1 Å². The quantitative estimate of drug-likeness (QED) is 0.186. The lowest BCUT2D eigenvalue weighted by molar-refractivity contribution is -0.387. The number of benzene rings is 2. The molecule has 0 spiro atoms. The largest absolute Gasteiger partial charge is 0.289 e. The molecule has 1 aromatic heterocycles. The average molecular weight is 408 g/mol. The molecular formula is C19H12N4O5S. The highest BCUT2D eigenvalue weighted by molar-refractivity contribution is 7.99. The molecule has 0 N–H and O–H groups in total. The van der Waals surface area contributed by atoms with Crippen molar-refractivity contribution >= 4 is 35.0 Å². The molecule has 1 heterocycles. The van der Waals surface area contributed by atoms with E-state index in [9.17, 15) is 25.0 Å². The number of non-ortho nitro benzene ring substituents is 1. The molecule has 0 saturated carbocycles. The second-order valence-electron chi connectivity index (χ2n) is 5.62. The van der Waals surface area contributed by atoms with Crippen LogP contribution >= 0.6 is 11.8 Å². The minimum Gasteiger partial charge on any atom is -0.289 e. The number of ketones is 1. The molecule has 0 aliphatic heterocycles. The maximum Gasteiger partial charge on any atom is 0.283 e. The van der Waals surface area contributed by atoms with Crippen LogP contribution in [0.3, 0.4) is 0 Å². The van der Waals surface area contributed by atoms with E-state index < -0.39 is 9.85 Å². The van der Waals surface area contributed by atoms with Crippen molar-refractivity contribution < 1.29 is 14.6 Å². The Hall–Kier alpha value is -3.92. The normalized spacial score (nSPS) is 10.8. The number of hydrogen-bond acceptors (Lipinski definition) is 8. The molecule has 0 aliphatic carbocycles. The molecule has 0 fully saturated rings. The molecule has 2 aromatic carbocycles. The van der Waals surface area contributed by atoms with Gasteiger partial charge in [-0.15, -0.1) is 0 Å². The topological polar surface area (TPSA) is 129 Å². The van der Waals surface area contributed by atoms with Crippen LogP contribution in [0.25, 0.3) is 6.08 Å². The first-order chi connectivity index (χ1) is 13.9. The second kappa shape index (κ2) is 8.85. The fourth-order valence-electron chi connectivity index (χ4n) is 2.32. The maximum absolute atomic E-state index is 12.2. The van der Waals surface area contributed by atoms with Crippen molar-refractivity contribution in [2.45, 2.75) is 10.1 Å². The van der Waals surface area contributed by atoms with Gasteiger partial charge in [0.05, 0.1) is 14.7 Å².